The molecule has 166 valence electrons. The summed E-state index contributed by atoms with van der Waals surface area (Å²) in [7, 11) is 0. The van der Waals surface area contributed by atoms with E-state index in [-0.39, 0.29) is 5.91 Å². The largest absolute Gasteiger partial charge is 0.355 e. The Morgan fingerprint density at radius 1 is 0.788 bits per heavy atom. The Hall–Kier alpha value is -3.73. The van der Waals surface area contributed by atoms with Crippen molar-refractivity contribution in [2.45, 2.75) is 32.1 Å². The lowest BCUT2D eigenvalue weighted by molar-refractivity contribution is -0.115. The Morgan fingerprint density at radius 3 is 2.30 bits per heavy atom. The van der Waals surface area contributed by atoms with Gasteiger partial charge in [-0.2, -0.15) is 0 Å². The summed E-state index contributed by atoms with van der Waals surface area (Å²) in [6.07, 6.45) is 5.38. The Labute approximate surface area is 194 Å². The highest BCUT2D eigenvalue weighted by atomic mass is 16.1. The van der Waals surface area contributed by atoms with Gasteiger partial charge in [0.1, 0.15) is 0 Å². The summed E-state index contributed by atoms with van der Waals surface area (Å²) in [5.74, 6) is 0.929. The first-order valence-electron chi connectivity index (χ1n) is 11.7. The van der Waals surface area contributed by atoms with Crippen LogP contribution >= 0.6 is 0 Å². The molecule has 1 saturated heterocycles. The third-order valence-electron chi connectivity index (χ3n) is 6.28. The van der Waals surface area contributed by atoms with Gasteiger partial charge in [-0.3, -0.25) is 4.79 Å². The second-order valence-electron chi connectivity index (χ2n) is 8.62. The van der Waals surface area contributed by atoms with E-state index in [1.807, 2.05) is 54.6 Å². The van der Waals surface area contributed by atoms with Crippen LogP contribution in [0.15, 0.2) is 78.9 Å². The number of carbonyl (C=O) groups excluding carboxylic acids is 1. The maximum atomic E-state index is 12.7. The first kappa shape index (κ1) is 21.1. The lowest BCUT2D eigenvalue weighted by Crippen LogP contribution is -2.25. The van der Waals surface area contributed by atoms with Crippen molar-refractivity contribution in [3.8, 4) is 11.3 Å². The van der Waals surface area contributed by atoms with Crippen LogP contribution < -0.4 is 10.2 Å². The number of nitrogens with one attached hydrogen (secondary N) is 1. The summed E-state index contributed by atoms with van der Waals surface area (Å²) in [6.45, 7) is 2.11. The van der Waals surface area contributed by atoms with E-state index < -0.39 is 0 Å². The Bertz CT molecular complexity index is 1220. The van der Waals surface area contributed by atoms with Crippen LogP contribution in [0.5, 0.6) is 0 Å². The van der Waals surface area contributed by atoms with Gasteiger partial charge in [0.25, 0.3) is 0 Å². The number of rotatable bonds is 5. The molecular weight excluding hydrogens is 408 g/mol. The van der Waals surface area contributed by atoms with Gasteiger partial charge in [0.2, 0.25) is 5.91 Å². The number of aromatic nitrogens is 2. The lowest BCUT2D eigenvalue weighted by atomic mass is 10.0. The number of nitrogens with zero attached hydrogens (tertiary/aromatic N) is 3. The third kappa shape index (κ3) is 5.03. The van der Waals surface area contributed by atoms with Crippen molar-refractivity contribution in [3.63, 3.8) is 0 Å². The molecule has 0 aliphatic carbocycles. The van der Waals surface area contributed by atoms with E-state index in [9.17, 15) is 4.79 Å². The van der Waals surface area contributed by atoms with Crippen LogP contribution in [0.25, 0.3) is 22.0 Å². The molecule has 4 aromatic rings. The van der Waals surface area contributed by atoms with Gasteiger partial charge in [-0.25, -0.2) is 0 Å². The quantitative estimate of drug-likeness (QED) is 0.426. The molecule has 0 bridgehead atoms. The highest BCUT2D eigenvalue weighted by molar-refractivity contribution is 5.96. The predicted octanol–water partition coefficient (Wildman–Crippen LogP) is 5.86. The number of anilines is 2. The molecular formula is C28H28N4O. The summed E-state index contributed by atoms with van der Waals surface area (Å²) in [6, 6.07) is 26.1. The molecule has 33 heavy (non-hydrogen) atoms. The van der Waals surface area contributed by atoms with Crippen LogP contribution in [0.1, 0.15) is 31.2 Å². The first-order valence-corrected chi connectivity index (χ1v) is 11.7. The lowest BCUT2D eigenvalue weighted by Gasteiger charge is -2.20. The molecule has 5 rings (SSSR count). The van der Waals surface area contributed by atoms with Crippen LogP contribution in [-0.4, -0.2) is 29.2 Å². The molecule has 1 aliphatic rings. The minimum atomic E-state index is -0.0271. The maximum absolute atomic E-state index is 12.7. The van der Waals surface area contributed by atoms with Gasteiger partial charge in [0.05, 0.1) is 12.1 Å². The summed E-state index contributed by atoms with van der Waals surface area (Å²) in [5.41, 5.74) is 3.62. The van der Waals surface area contributed by atoms with Crippen molar-refractivity contribution < 1.29 is 4.79 Å². The fraction of sp³-hybridized carbons (Fsp3) is 0.250. The summed E-state index contributed by atoms with van der Waals surface area (Å²) in [4.78, 5) is 15.0. The van der Waals surface area contributed by atoms with Crippen molar-refractivity contribution in [2.75, 3.05) is 23.3 Å². The van der Waals surface area contributed by atoms with Gasteiger partial charge in [-0.1, -0.05) is 67.4 Å². The molecule has 0 spiro atoms. The average Bonchev–Trinajstić information content (AvgIpc) is 3.15. The number of amides is 1. The second-order valence-corrected chi connectivity index (χ2v) is 8.62. The van der Waals surface area contributed by atoms with E-state index in [2.05, 4.69) is 44.7 Å². The molecule has 5 nitrogen and oxygen atoms in total. The van der Waals surface area contributed by atoms with E-state index in [1.54, 1.807) is 0 Å². The van der Waals surface area contributed by atoms with E-state index in [0.717, 1.165) is 52.2 Å². The molecule has 1 fully saturated rings. The zero-order valence-electron chi connectivity index (χ0n) is 18.7. The summed E-state index contributed by atoms with van der Waals surface area (Å²) >= 11 is 0. The number of hydrogen-bond acceptors (Lipinski definition) is 4. The zero-order valence-corrected chi connectivity index (χ0v) is 18.7. The van der Waals surface area contributed by atoms with Crippen molar-refractivity contribution in [1.29, 1.82) is 0 Å². The van der Waals surface area contributed by atoms with Gasteiger partial charge < -0.3 is 10.2 Å². The van der Waals surface area contributed by atoms with Crippen LogP contribution in [0.4, 0.5) is 11.5 Å². The fourth-order valence-electron chi connectivity index (χ4n) is 4.50. The summed E-state index contributed by atoms with van der Waals surface area (Å²) < 4.78 is 0. The highest BCUT2D eigenvalue weighted by Gasteiger charge is 2.12. The Balaban J connectivity index is 1.23. The summed E-state index contributed by atoms with van der Waals surface area (Å²) in [5, 5.41) is 14.2. The predicted molar refractivity (Wildman–Crippen MR) is 134 cm³/mol. The molecule has 0 saturated carbocycles. The number of benzene rings is 3. The van der Waals surface area contributed by atoms with Crippen LogP contribution in [0.3, 0.4) is 0 Å². The van der Waals surface area contributed by atoms with Crippen molar-refractivity contribution in [1.82, 2.24) is 10.2 Å². The van der Waals surface area contributed by atoms with E-state index in [0.29, 0.717) is 6.42 Å². The van der Waals surface area contributed by atoms with E-state index in [1.165, 1.54) is 25.7 Å². The number of hydrogen-bond donors (Lipinski definition) is 1. The second kappa shape index (κ2) is 9.82. The van der Waals surface area contributed by atoms with Gasteiger partial charge >= 0.3 is 0 Å². The molecule has 1 aromatic heterocycles. The van der Waals surface area contributed by atoms with Gasteiger partial charge in [0, 0.05) is 24.3 Å². The standard InChI is InChI=1S/C28H28N4O/c33-28(20-23-10-7-9-21-8-3-4-11-25(21)23)29-24-14-12-22(13-15-24)26-16-17-27(31-30-26)32-18-5-1-2-6-19-32/h3-4,7-17H,1-2,5-6,18-20H2,(H,29,33). The minimum Gasteiger partial charge on any atom is -0.355 e. The van der Waals surface area contributed by atoms with Gasteiger partial charge in [-0.15, -0.1) is 10.2 Å². The van der Waals surface area contributed by atoms with E-state index >= 15 is 0 Å². The molecule has 1 amide bonds. The minimum absolute atomic E-state index is 0.0271. The molecule has 2 heterocycles. The normalized spacial score (nSPS) is 14.1. The van der Waals surface area contributed by atoms with Crippen molar-refractivity contribution in [2.24, 2.45) is 0 Å². The van der Waals surface area contributed by atoms with Crippen molar-refractivity contribution >= 4 is 28.2 Å². The Kier molecular flexibility index (Phi) is 6.29. The van der Waals surface area contributed by atoms with Crippen LogP contribution in [0, 0.1) is 0 Å². The number of fused-ring (bicyclic) bond motifs is 1. The smallest absolute Gasteiger partial charge is 0.228 e. The average molecular weight is 437 g/mol. The third-order valence-corrected chi connectivity index (χ3v) is 6.28. The maximum Gasteiger partial charge on any atom is 0.228 e. The first-order chi connectivity index (χ1) is 16.3. The monoisotopic (exact) mass is 436 g/mol. The van der Waals surface area contributed by atoms with E-state index in [4.69, 9.17) is 0 Å². The molecule has 1 N–H and O–H groups in total. The highest BCUT2D eigenvalue weighted by Crippen LogP contribution is 2.23. The topological polar surface area (TPSA) is 58.1 Å². The molecule has 1 aliphatic heterocycles. The fourth-order valence-corrected chi connectivity index (χ4v) is 4.50. The molecule has 0 unspecified atom stereocenters. The van der Waals surface area contributed by atoms with Gasteiger partial charge in [-0.05, 0) is 53.4 Å². The molecule has 0 atom stereocenters. The number of carbonyl (C=O) groups is 1. The molecule has 5 heteroatoms. The van der Waals surface area contributed by atoms with Crippen LogP contribution in [0.2, 0.25) is 0 Å². The zero-order chi connectivity index (χ0) is 22.5. The molecule has 3 aromatic carbocycles. The van der Waals surface area contributed by atoms with Gasteiger partial charge in [0.15, 0.2) is 5.82 Å². The SMILES string of the molecule is O=C(Cc1cccc2ccccc12)Nc1ccc(-c2ccc(N3CCCCCC3)nn2)cc1. The molecule has 0 radical (unpaired) electrons. The van der Waals surface area contributed by atoms with Crippen LogP contribution in [-0.2, 0) is 11.2 Å². The Morgan fingerprint density at radius 2 is 1.55 bits per heavy atom. The van der Waals surface area contributed by atoms with Crippen molar-refractivity contribution in [3.05, 3.63) is 84.4 Å².